The van der Waals surface area contributed by atoms with Crippen molar-refractivity contribution in [2.45, 2.75) is 65.5 Å². The van der Waals surface area contributed by atoms with E-state index < -0.39 is 17.7 Å². The zero-order valence-electron chi connectivity index (χ0n) is 15.7. The van der Waals surface area contributed by atoms with Gasteiger partial charge in [-0.15, -0.1) is 0 Å². The summed E-state index contributed by atoms with van der Waals surface area (Å²) in [5.41, 5.74) is -0.825. The number of likely N-dealkylation sites (tertiary alicyclic amines) is 1. The van der Waals surface area contributed by atoms with Crippen LogP contribution in [0, 0.1) is 11.3 Å². The summed E-state index contributed by atoms with van der Waals surface area (Å²) in [6.07, 6.45) is 2.50. The van der Waals surface area contributed by atoms with Gasteiger partial charge >= 0.3 is 6.09 Å². The van der Waals surface area contributed by atoms with E-state index >= 15 is 0 Å². The minimum atomic E-state index is -0.565. The van der Waals surface area contributed by atoms with Crippen LogP contribution in [0.15, 0.2) is 0 Å². The first-order valence-electron chi connectivity index (χ1n) is 8.95. The van der Waals surface area contributed by atoms with Crippen molar-refractivity contribution in [1.29, 1.82) is 0 Å². The molecule has 0 saturated carbocycles. The molecule has 6 heteroatoms. The summed E-state index contributed by atoms with van der Waals surface area (Å²) >= 11 is 0. The van der Waals surface area contributed by atoms with Crippen molar-refractivity contribution < 1.29 is 19.1 Å². The van der Waals surface area contributed by atoms with Crippen LogP contribution in [0.2, 0.25) is 0 Å². The topological polar surface area (TPSA) is 67.9 Å². The number of nitrogens with one attached hydrogen (secondary N) is 1. The molecule has 2 fully saturated rings. The highest BCUT2D eigenvalue weighted by molar-refractivity contribution is 5.87. The summed E-state index contributed by atoms with van der Waals surface area (Å²) in [5, 5.41) is 3.03. The lowest BCUT2D eigenvalue weighted by Crippen LogP contribution is -2.53. The van der Waals surface area contributed by atoms with Crippen LogP contribution in [0.4, 0.5) is 4.79 Å². The summed E-state index contributed by atoms with van der Waals surface area (Å²) in [6.45, 7) is 12.2. The lowest BCUT2D eigenvalue weighted by molar-refractivity contribution is -0.128. The van der Waals surface area contributed by atoms with Crippen LogP contribution >= 0.6 is 0 Å². The highest BCUT2D eigenvalue weighted by Crippen LogP contribution is 2.37. The molecule has 0 radical (unpaired) electrons. The highest BCUT2D eigenvalue weighted by atomic mass is 16.6. The third kappa shape index (κ3) is 4.85. The van der Waals surface area contributed by atoms with Gasteiger partial charge < -0.3 is 14.8 Å². The maximum Gasteiger partial charge on any atom is 0.410 e. The minimum absolute atomic E-state index is 0.0890. The monoisotopic (exact) mass is 340 g/mol. The zero-order chi connectivity index (χ0) is 18.0. The van der Waals surface area contributed by atoms with E-state index in [9.17, 15) is 9.59 Å². The van der Waals surface area contributed by atoms with Crippen LogP contribution in [-0.2, 0) is 14.3 Å². The molecule has 2 amide bonds. The number of ether oxygens (including phenoxy) is 2. The Labute approximate surface area is 145 Å². The van der Waals surface area contributed by atoms with Gasteiger partial charge in [0.25, 0.3) is 0 Å². The summed E-state index contributed by atoms with van der Waals surface area (Å²) in [6, 6.07) is -0.489. The maximum absolute atomic E-state index is 12.8. The van der Waals surface area contributed by atoms with Crippen molar-refractivity contribution in [2.24, 2.45) is 11.3 Å². The molecule has 138 valence electrons. The van der Waals surface area contributed by atoms with Crippen molar-refractivity contribution in [1.82, 2.24) is 10.2 Å². The van der Waals surface area contributed by atoms with E-state index in [1.807, 2.05) is 34.6 Å². The van der Waals surface area contributed by atoms with Gasteiger partial charge in [-0.25, -0.2) is 4.79 Å². The second-order valence-corrected chi connectivity index (χ2v) is 8.64. The second kappa shape index (κ2) is 7.30. The van der Waals surface area contributed by atoms with Gasteiger partial charge in [-0.05, 0) is 51.4 Å². The lowest BCUT2D eigenvalue weighted by Gasteiger charge is -2.33. The number of carbonyl (C=O) groups is 2. The molecular formula is C18H32N2O4. The van der Waals surface area contributed by atoms with Gasteiger partial charge in [0.15, 0.2) is 0 Å². The molecule has 0 unspecified atom stereocenters. The molecule has 0 aromatic carbocycles. The van der Waals surface area contributed by atoms with E-state index in [1.54, 1.807) is 4.90 Å². The van der Waals surface area contributed by atoms with Crippen LogP contribution < -0.4 is 5.32 Å². The first kappa shape index (κ1) is 19.0. The highest BCUT2D eigenvalue weighted by Gasteiger charge is 2.48. The van der Waals surface area contributed by atoms with Crippen LogP contribution in [0.5, 0.6) is 0 Å². The third-order valence-electron chi connectivity index (χ3n) is 4.74. The minimum Gasteiger partial charge on any atom is -0.444 e. The molecule has 1 N–H and O–H groups in total. The first-order chi connectivity index (χ1) is 11.1. The Hall–Kier alpha value is -1.30. The third-order valence-corrected chi connectivity index (χ3v) is 4.74. The molecule has 0 aliphatic carbocycles. The number of rotatable bonds is 3. The van der Waals surface area contributed by atoms with Crippen LogP contribution in [0.3, 0.4) is 0 Å². The second-order valence-electron chi connectivity index (χ2n) is 8.64. The van der Waals surface area contributed by atoms with E-state index in [4.69, 9.17) is 9.47 Å². The Morgan fingerprint density at radius 2 is 2.04 bits per heavy atom. The Bertz CT molecular complexity index is 464. The molecule has 2 rings (SSSR count). The number of nitrogens with zero attached hydrogens (tertiary/aromatic N) is 1. The van der Waals surface area contributed by atoms with Crippen LogP contribution in [0.1, 0.15) is 53.9 Å². The Morgan fingerprint density at radius 1 is 1.33 bits per heavy atom. The van der Waals surface area contributed by atoms with Crippen LogP contribution in [-0.4, -0.2) is 54.8 Å². The van der Waals surface area contributed by atoms with Gasteiger partial charge in [-0.2, -0.15) is 0 Å². The molecular weight excluding hydrogens is 308 g/mol. The molecule has 2 heterocycles. The van der Waals surface area contributed by atoms with Gasteiger partial charge in [0.2, 0.25) is 5.91 Å². The molecule has 0 spiro atoms. The number of carbonyl (C=O) groups excluding carboxylic acids is 2. The fourth-order valence-corrected chi connectivity index (χ4v) is 3.42. The average Bonchev–Trinajstić information content (AvgIpc) is 2.80. The fourth-order valence-electron chi connectivity index (χ4n) is 3.42. The van der Waals surface area contributed by atoms with Gasteiger partial charge in [0.05, 0.1) is 6.61 Å². The Morgan fingerprint density at radius 3 is 2.62 bits per heavy atom. The van der Waals surface area contributed by atoms with Crippen molar-refractivity contribution in [3.05, 3.63) is 0 Å². The van der Waals surface area contributed by atoms with E-state index in [2.05, 4.69) is 5.32 Å². The molecule has 2 aliphatic rings. The number of hydrogen-bond donors (Lipinski definition) is 1. The Kier molecular flexibility index (Phi) is 5.78. The van der Waals surface area contributed by atoms with E-state index in [0.29, 0.717) is 25.6 Å². The van der Waals surface area contributed by atoms with Gasteiger partial charge in [-0.1, -0.05) is 13.8 Å². The quantitative estimate of drug-likeness (QED) is 0.857. The maximum atomic E-state index is 12.8. The van der Waals surface area contributed by atoms with Gasteiger partial charge in [0, 0.05) is 19.7 Å². The molecule has 6 nitrogen and oxygen atoms in total. The normalized spacial score (nSPS) is 27.0. The standard InChI is InChI=1S/C18H32N2O4/c1-17(2,3)24-16(22)20-9-8-18(4,5)14(20)15(21)19-11-13-7-6-10-23-12-13/h13-14H,6-12H2,1-5H3,(H,19,21)/t13-,14+/m0/s1. The summed E-state index contributed by atoms with van der Waals surface area (Å²) in [7, 11) is 0. The number of hydrogen-bond acceptors (Lipinski definition) is 4. The lowest BCUT2D eigenvalue weighted by atomic mass is 9.84. The summed E-state index contributed by atoms with van der Waals surface area (Å²) in [5.74, 6) is 0.274. The largest absolute Gasteiger partial charge is 0.444 e. The van der Waals surface area contributed by atoms with Crippen molar-refractivity contribution in [2.75, 3.05) is 26.3 Å². The Balaban J connectivity index is 1.99. The molecule has 0 aromatic rings. The smallest absolute Gasteiger partial charge is 0.410 e. The number of amides is 2. The predicted octanol–water partition coefficient (Wildman–Crippen LogP) is 2.56. The van der Waals surface area contributed by atoms with Crippen molar-refractivity contribution in [3.8, 4) is 0 Å². The van der Waals surface area contributed by atoms with Crippen molar-refractivity contribution in [3.63, 3.8) is 0 Å². The van der Waals surface area contributed by atoms with Crippen molar-refractivity contribution >= 4 is 12.0 Å². The van der Waals surface area contributed by atoms with E-state index in [1.165, 1.54) is 0 Å². The first-order valence-corrected chi connectivity index (χ1v) is 8.95. The van der Waals surface area contributed by atoms with E-state index in [0.717, 1.165) is 25.9 Å². The zero-order valence-corrected chi connectivity index (χ0v) is 15.7. The molecule has 2 aliphatic heterocycles. The van der Waals surface area contributed by atoms with Gasteiger partial charge in [-0.3, -0.25) is 9.69 Å². The SMILES string of the molecule is CC(C)(C)OC(=O)N1CCC(C)(C)[C@H]1C(=O)NC[C@@H]1CCCOC1. The fraction of sp³-hybridized carbons (Fsp3) is 0.889. The average molecular weight is 340 g/mol. The summed E-state index contributed by atoms with van der Waals surface area (Å²) < 4.78 is 10.9. The predicted molar refractivity (Wildman–Crippen MR) is 91.7 cm³/mol. The molecule has 2 saturated heterocycles. The molecule has 24 heavy (non-hydrogen) atoms. The molecule has 2 atom stereocenters. The van der Waals surface area contributed by atoms with Crippen LogP contribution in [0.25, 0.3) is 0 Å². The van der Waals surface area contributed by atoms with E-state index in [-0.39, 0.29) is 11.3 Å². The molecule has 0 aromatic heterocycles. The summed E-state index contributed by atoms with van der Waals surface area (Å²) in [4.78, 5) is 26.8. The molecule has 0 bridgehead atoms. The van der Waals surface area contributed by atoms with Gasteiger partial charge in [0.1, 0.15) is 11.6 Å².